The number of esters is 1. The van der Waals surface area contributed by atoms with Crippen molar-refractivity contribution in [3.8, 4) is 0 Å². The molecular formula is C23H28N2O4. The molecule has 2 rings (SSSR count). The van der Waals surface area contributed by atoms with Crippen molar-refractivity contribution in [2.45, 2.75) is 38.6 Å². The minimum Gasteiger partial charge on any atom is -0.467 e. The fourth-order valence-electron chi connectivity index (χ4n) is 2.81. The van der Waals surface area contributed by atoms with Crippen LogP contribution in [0, 0.1) is 0 Å². The molecule has 0 fully saturated rings. The smallest absolute Gasteiger partial charge is 0.328 e. The van der Waals surface area contributed by atoms with E-state index in [1.54, 1.807) is 30.3 Å². The number of methoxy groups -OCH3 is 1. The Balaban J connectivity index is 1.96. The molecule has 2 aromatic carbocycles. The average Bonchev–Trinajstić information content (AvgIpc) is 2.71. The molecule has 2 aromatic rings. The summed E-state index contributed by atoms with van der Waals surface area (Å²) in [6.07, 6.45) is 0.301. The zero-order valence-electron chi connectivity index (χ0n) is 17.3. The van der Waals surface area contributed by atoms with E-state index in [1.807, 2.05) is 24.3 Å². The lowest BCUT2D eigenvalue weighted by atomic mass is 9.86. The highest BCUT2D eigenvalue weighted by Crippen LogP contribution is 2.22. The monoisotopic (exact) mass is 396 g/mol. The highest BCUT2D eigenvalue weighted by molar-refractivity contribution is 5.96. The fourth-order valence-corrected chi connectivity index (χ4v) is 2.81. The minimum atomic E-state index is -0.832. The molecule has 29 heavy (non-hydrogen) atoms. The number of hydrogen-bond donors (Lipinski definition) is 2. The van der Waals surface area contributed by atoms with Gasteiger partial charge in [0.05, 0.1) is 13.7 Å². The first-order valence-electron chi connectivity index (χ1n) is 9.50. The van der Waals surface area contributed by atoms with Gasteiger partial charge in [0.2, 0.25) is 5.91 Å². The molecule has 0 saturated heterocycles. The summed E-state index contributed by atoms with van der Waals surface area (Å²) in [5.74, 6) is -1.35. The van der Waals surface area contributed by atoms with Gasteiger partial charge in [-0.3, -0.25) is 9.59 Å². The van der Waals surface area contributed by atoms with Crippen molar-refractivity contribution in [1.29, 1.82) is 0 Å². The largest absolute Gasteiger partial charge is 0.467 e. The van der Waals surface area contributed by atoms with Crippen LogP contribution in [0.25, 0.3) is 0 Å². The lowest BCUT2D eigenvalue weighted by Crippen LogP contribution is -2.47. The molecule has 0 saturated carbocycles. The molecule has 0 bridgehead atoms. The predicted octanol–water partition coefficient (Wildman–Crippen LogP) is 2.61. The van der Waals surface area contributed by atoms with Crippen molar-refractivity contribution in [3.05, 3.63) is 71.3 Å². The second-order valence-corrected chi connectivity index (χ2v) is 7.84. The highest BCUT2D eigenvalue weighted by Gasteiger charge is 2.22. The summed E-state index contributed by atoms with van der Waals surface area (Å²) < 4.78 is 4.82. The molecule has 0 spiro atoms. The molecule has 0 aliphatic rings. The van der Waals surface area contributed by atoms with Crippen molar-refractivity contribution in [2.24, 2.45) is 0 Å². The van der Waals surface area contributed by atoms with Crippen LogP contribution in [0.2, 0.25) is 0 Å². The normalized spacial score (nSPS) is 12.0. The second kappa shape index (κ2) is 9.87. The number of benzene rings is 2. The molecule has 0 heterocycles. The number of rotatable bonds is 7. The zero-order chi connectivity index (χ0) is 21.4. The van der Waals surface area contributed by atoms with Crippen LogP contribution in [0.1, 0.15) is 42.3 Å². The van der Waals surface area contributed by atoms with Crippen LogP contribution in [0.4, 0.5) is 0 Å². The number of ether oxygens (including phenoxy) is 1. The molecule has 6 nitrogen and oxygen atoms in total. The Kier molecular flexibility index (Phi) is 7.53. The van der Waals surface area contributed by atoms with Gasteiger partial charge in [0.15, 0.2) is 0 Å². The van der Waals surface area contributed by atoms with Gasteiger partial charge in [-0.2, -0.15) is 0 Å². The van der Waals surface area contributed by atoms with Crippen LogP contribution >= 0.6 is 0 Å². The van der Waals surface area contributed by atoms with Gasteiger partial charge >= 0.3 is 5.97 Å². The third-order valence-electron chi connectivity index (χ3n) is 4.53. The molecule has 0 aromatic heterocycles. The summed E-state index contributed by atoms with van der Waals surface area (Å²) in [5, 5.41) is 5.19. The van der Waals surface area contributed by atoms with E-state index in [1.165, 1.54) is 12.7 Å². The predicted molar refractivity (Wildman–Crippen MR) is 112 cm³/mol. The first-order valence-corrected chi connectivity index (χ1v) is 9.50. The summed E-state index contributed by atoms with van der Waals surface area (Å²) in [4.78, 5) is 36.4. The van der Waals surface area contributed by atoms with Crippen molar-refractivity contribution in [1.82, 2.24) is 10.6 Å². The Hall–Kier alpha value is -3.15. The van der Waals surface area contributed by atoms with Crippen LogP contribution in [0.3, 0.4) is 0 Å². The molecule has 154 valence electrons. The van der Waals surface area contributed by atoms with Gasteiger partial charge in [-0.05, 0) is 28.7 Å². The first-order chi connectivity index (χ1) is 13.7. The number of carbonyl (C=O) groups excluding carboxylic acids is 3. The Morgan fingerprint density at radius 1 is 0.966 bits per heavy atom. The highest BCUT2D eigenvalue weighted by atomic mass is 16.5. The summed E-state index contributed by atoms with van der Waals surface area (Å²) in [6, 6.07) is 15.7. The van der Waals surface area contributed by atoms with Gasteiger partial charge in [-0.15, -0.1) is 0 Å². The molecule has 6 heteroatoms. The minimum absolute atomic E-state index is 0.0332. The third-order valence-corrected chi connectivity index (χ3v) is 4.53. The standard InChI is InChI=1S/C23H28N2O4/c1-23(2,3)18-12-10-16(11-13-18)14-19(22(28)29-4)25-20(26)15-24-21(27)17-8-6-5-7-9-17/h5-13,19H,14-15H2,1-4H3,(H,24,27)(H,25,26)/t19-/m1/s1. The number of hydrogen-bond acceptors (Lipinski definition) is 4. The van der Waals surface area contributed by atoms with Crippen molar-refractivity contribution in [2.75, 3.05) is 13.7 Å². The first kappa shape index (κ1) is 22.1. The lowest BCUT2D eigenvalue weighted by molar-refractivity contribution is -0.144. The average molecular weight is 396 g/mol. The lowest BCUT2D eigenvalue weighted by Gasteiger charge is -2.20. The van der Waals surface area contributed by atoms with E-state index < -0.39 is 17.9 Å². The molecular weight excluding hydrogens is 368 g/mol. The van der Waals surface area contributed by atoms with E-state index in [4.69, 9.17) is 4.74 Å². The van der Waals surface area contributed by atoms with E-state index in [0.717, 1.165) is 5.56 Å². The van der Waals surface area contributed by atoms with Crippen molar-refractivity contribution >= 4 is 17.8 Å². The third kappa shape index (κ3) is 6.75. The molecule has 1 atom stereocenters. The van der Waals surface area contributed by atoms with Crippen LogP contribution in [-0.2, 0) is 26.2 Å². The summed E-state index contributed by atoms with van der Waals surface area (Å²) in [5.41, 5.74) is 2.58. The zero-order valence-corrected chi connectivity index (χ0v) is 17.3. The van der Waals surface area contributed by atoms with Crippen LogP contribution < -0.4 is 10.6 Å². The SMILES string of the molecule is COC(=O)[C@@H](Cc1ccc(C(C)(C)C)cc1)NC(=O)CNC(=O)c1ccccc1. The topological polar surface area (TPSA) is 84.5 Å². The maximum atomic E-state index is 12.3. The van der Waals surface area contributed by atoms with Gasteiger partial charge in [-0.25, -0.2) is 4.79 Å². The van der Waals surface area contributed by atoms with E-state index in [9.17, 15) is 14.4 Å². The second-order valence-electron chi connectivity index (χ2n) is 7.84. The summed E-state index contributed by atoms with van der Waals surface area (Å²) in [7, 11) is 1.28. The van der Waals surface area contributed by atoms with E-state index in [-0.39, 0.29) is 17.9 Å². The molecule has 0 aliphatic heterocycles. The van der Waals surface area contributed by atoms with Gasteiger partial charge in [0, 0.05) is 12.0 Å². The molecule has 0 radical (unpaired) electrons. The van der Waals surface area contributed by atoms with Gasteiger partial charge < -0.3 is 15.4 Å². The Bertz CT molecular complexity index is 839. The Labute approximate surface area is 171 Å². The fraction of sp³-hybridized carbons (Fsp3) is 0.348. The van der Waals surface area contributed by atoms with Crippen LogP contribution in [0.15, 0.2) is 54.6 Å². The van der Waals surface area contributed by atoms with Gasteiger partial charge in [0.25, 0.3) is 5.91 Å². The summed E-state index contributed by atoms with van der Waals surface area (Å²) >= 11 is 0. The molecule has 2 amide bonds. The van der Waals surface area contributed by atoms with E-state index in [2.05, 4.69) is 31.4 Å². The molecule has 2 N–H and O–H groups in total. The maximum Gasteiger partial charge on any atom is 0.328 e. The van der Waals surface area contributed by atoms with E-state index in [0.29, 0.717) is 12.0 Å². The number of amides is 2. The van der Waals surface area contributed by atoms with Crippen molar-refractivity contribution < 1.29 is 19.1 Å². The number of carbonyl (C=O) groups is 3. The van der Waals surface area contributed by atoms with Crippen molar-refractivity contribution in [3.63, 3.8) is 0 Å². The van der Waals surface area contributed by atoms with Gasteiger partial charge in [-0.1, -0.05) is 63.2 Å². The molecule has 0 aliphatic carbocycles. The quantitative estimate of drug-likeness (QED) is 0.705. The molecule has 0 unspecified atom stereocenters. The summed E-state index contributed by atoms with van der Waals surface area (Å²) in [6.45, 7) is 6.15. The van der Waals surface area contributed by atoms with E-state index >= 15 is 0 Å². The number of nitrogens with one attached hydrogen (secondary N) is 2. The van der Waals surface area contributed by atoms with Gasteiger partial charge in [0.1, 0.15) is 6.04 Å². The van der Waals surface area contributed by atoms with Crippen LogP contribution in [-0.4, -0.2) is 37.5 Å². The Morgan fingerprint density at radius 2 is 1.59 bits per heavy atom. The maximum absolute atomic E-state index is 12.3. The Morgan fingerprint density at radius 3 is 2.14 bits per heavy atom. The van der Waals surface area contributed by atoms with Crippen LogP contribution in [0.5, 0.6) is 0 Å².